The number of halogens is 10. The molecule has 4 aromatic rings. The molecule has 1 fully saturated rings. The molecule has 0 bridgehead atoms. The van der Waals surface area contributed by atoms with Crippen molar-refractivity contribution < 1.29 is 48.6 Å². The van der Waals surface area contributed by atoms with Gasteiger partial charge in [0.2, 0.25) is 0 Å². The lowest BCUT2D eigenvalue weighted by atomic mass is 9.77. The van der Waals surface area contributed by atoms with Crippen LogP contribution in [0.15, 0.2) is 54.7 Å². The van der Waals surface area contributed by atoms with Crippen molar-refractivity contribution in [2.75, 3.05) is 0 Å². The van der Waals surface area contributed by atoms with Crippen LogP contribution in [0.2, 0.25) is 0 Å². The molecule has 1 aliphatic rings. The highest BCUT2D eigenvalue weighted by Gasteiger charge is 2.42. The number of benzene rings is 3. The van der Waals surface area contributed by atoms with E-state index in [0.717, 1.165) is 50.3 Å². The van der Waals surface area contributed by atoms with E-state index in [9.17, 15) is 26.3 Å². The third kappa shape index (κ3) is 8.00. The van der Waals surface area contributed by atoms with Crippen LogP contribution in [0.3, 0.4) is 0 Å². The van der Waals surface area contributed by atoms with E-state index >= 15 is 17.6 Å². The number of nitrogens with zero attached hydrogens (tertiary/aromatic N) is 1. The number of rotatable bonds is 11. The van der Waals surface area contributed by atoms with Crippen molar-refractivity contribution in [1.82, 2.24) is 4.98 Å². The highest BCUT2D eigenvalue weighted by molar-refractivity contribution is 5.84. The first-order chi connectivity index (χ1) is 23.7. The summed E-state index contributed by atoms with van der Waals surface area (Å²) in [4.78, 5) is 4.33. The number of alkyl halides is 2. The summed E-state index contributed by atoms with van der Waals surface area (Å²) in [5, 5.41) is 0. The minimum Gasteiger partial charge on any atom is -0.429 e. The Balaban J connectivity index is 1.34. The number of ether oxygens (including phenoxy) is 1. The lowest BCUT2D eigenvalue weighted by Crippen LogP contribution is -2.25. The maximum absolute atomic E-state index is 15.2. The minimum atomic E-state index is -4.84. The van der Waals surface area contributed by atoms with Crippen LogP contribution in [0.5, 0.6) is 5.75 Å². The topological polar surface area (TPSA) is 22.1 Å². The first kappa shape index (κ1) is 36.9. The summed E-state index contributed by atoms with van der Waals surface area (Å²) in [6.07, 6.45) is 5.91. The van der Waals surface area contributed by atoms with Gasteiger partial charge in [0.25, 0.3) is 0 Å². The third-order valence-corrected chi connectivity index (χ3v) is 9.09. The molecule has 0 N–H and O–H groups in total. The normalized spacial score (nSPS) is 17.1. The summed E-state index contributed by atoms with van der Waals surface area (Å²) in [7, 11) is 0. The van der Waals surface area contributed by atoms with Gasteiger partial charge in [-0.1, -0.05) is 38.7 Å². The van der Waals surface area contributed by atoms with Crippen molar-refractivity contribution in [1.29, 1.82) is 0 Å². The average molecular weight is 710 g/mol. The van der Waals surface area contributed by atoms with Gasteiger partial charge in [-0.15, -0.1) is 0 Å². The van der Waals surface area contributed by atoms with E-state index in [-0.39, 0.29) is 29.5 Å². The maximum Gasteiger partial charge on any atom is 0.432 e. The molecule has 5 rings (SSSR count). The Labute approximate surface area is 282 Å². The van der Waals surface area contributed by atoms with Gasteiger partial charge in [-0.05, 0) is 92.0 Å². The molecule has 0 saturated heterocycles. The van der Waals surface area contributed by atoms with Crippen LogP contribution in [-0.2, 0) is 6.11 Å². The zero-order chi connectivity index (χ0) is 36.3. The van der Waals surface area contributed by atoms with Crippen molar-refractivity contribution in [3.05, 3.63) is 117 Å². The second-order valence-electron chi connectivity index (χ2n) is 12.6. The van der Waals surface area contributed by atoms with E-state index in [0.29, 0.717) is 17.9 Å². The molecule has 1 aromatic heterocycles. The summed E-state index contributed by atoms with van der Waals surface area (Å²) in [5.41, 5.74) is -4.23. The number of pyridine rings is 1. The highest BCUT2D eigenvalue weighted by atomic mass is 19.3. The first-order valence-corrected chi connectivity index (χ1v) is 16.2. The monoisotopic (exact) mass is 709 g/mol. The van der Waals surface area contributed by atoms with E-state index < -0.39 is 80.7 Å². The molecule has 12 heteroatoms. The second kappa shape index (κ2) is 15.3. The van der Waals surface area contributed by atoms with E-state index in [2.05, 4.69) is 16.6 Å². The van der Waals surface area contributed by atoms with Gasteiger partial charge in [-0.2, -0.15) is 8.78 Å². The van der Waals surface area contributed by atoms with Crippen molar-refractivity contribution >= 4 is 11.7 Å². The number of aryl methyl sites for hydroxylation is 1. The fraction of sp³-hybridized carbons (Fsp3) is 0.342. The Bertz CT molecular complexity index is 1810. The quantitative estimate of drug-likeness (QED) is 0.0879. The van der Waals surface area contributed by atoms with Crippen LogP contribution < -0.4 is 4.74 Å². The largest absolute Gasteiger partial charge is 0.432 e. The van der Waals surface area contributed by atoms with Gasteiger partial charge in [0, 0.05) is 23.4 Å². The summed E-state index contributed by atoms with van der Waals surface area (Å²) in [6, 6.07) is 5.63. The van der Waals surface area contributed by atoms with E-state index in [1.165, 1.54) is 25.7 Å². The Hall–Kier alpha value is -4.35. The zero-order valence-electron chi connectivity index (χ0n) is 27.1. The van der Waals surface area contributed by atoms with Gasteiger partial charge in [0.15, 0.2) is 23.3 Å². The zero-order valence-corrected chi connectivity index (χ0v) is 27.1. The van der Waals surface area contributed by atoms with Gasteiger partial charge in [-0.3, -0.25) is 4.98 Å². The molecule has 0 aliphatic heterocycles. The van der Waals surface area contributed by atoms with Crippen molar-refractivity contribution in [2.24, 2.45) is 5.92 Å². The number of unbranched alkanes of at least 4 members (excludes halogenated alkanes) is 2. The molecule has 1 saturated carbocycles. The van der Waals surface area contributed by atoms with Crippen LogP contribution in [0.25, 0.3) is 22.9 Å². The fourth-order valence-electron chi connectivity index (χ4n) is 6.38. The van der Waals surface area contributed by atoms with Crippen LogP contribution >= 0.6 is 0 Å². The first-order valence-electron chi connectivity index (χ1n) is 16.2. The van der Waals surface area contributed by atoms with Gasteiger partial charge >= 0.3 is 6.11 Å². The van der Waals surface area contributed by atoms with Crippen molar-refractivity contribution in [2.45, 2.75) is 77.2 Å². The average Bonchev–Trinajstić information content (AvgIpc) is 3.06. The predicted molar refractivity (Wildman–Crippen MR) is 169 cm³/mol. The molecule has 3 aromatic carbocycles. The Morgan fingerprint density at radius 3 is 1.98 bits per heavy atom. The third-order valence-electron chi connectivity index (χ3n) is 9.09. The number of hydrogen-bond donors (Lipinski definition) is 0. The van der Waals surface area contributed by atoms with Gasteiger partial charge in [0.1, 0.15) is 34.6 Å². The van der Waals surface area contributed by atoms with E-state index in [4.69, 9.17) is 0 Å². The second-order valence-corrected chi connectivity index (χ2v) is 12.6. The highest BCUT2D eigenvalue weighted by Crippen LogP contribution is 2.41. The lowest BCUT2D eigenvalue weighted by molar-refractivity contribution is -0.189. The molecule has 1 heterocycles. The molecule has 0 unspecified atom stereocenters. The molecule has 0 spiro atoms. The lowest BCUT2D eigenvalue weighted by Gasteiger charge is -2.28. The molecule has 0 amide bonds. The molecule has 266 valence electrons. The summed E-state index contributed by atoms with van der Waals surface area (Å²) in [5.74, 6) is -14.6. The van der Waals surface area contributed by atoms with Crippen LogP contribution in [-0.4, -0.2) is 4.98 Å². The molecule has 1 aliphatic carbocycles. The van der Waals surface area contributed by atoms with Gasteiger partial charge < -0.3 is 4.74 Å². The van der Waals surface area contributed by atoms with Crippen LogP contribution in [0.4, 0.5) is 43.9 Å². The van der Waals surface area contributed by atoms with Crippen molar-refractivity contribution in [3.8, 4) is 17.0 Å². The smallest absolute Gasteiger partial charge is 0.429 e. The van der Waals surface area contributed by atoms with Crippen LogP contribution in [0.1, 0.15) is 92.0 Å². The minimum absolute atomic E-state index is 0.0321. The molecule has 50 heavy (non-hydrogen) atoms. The van der Waals surface area contributed by atoms with Crippen molar-refractivity contribution in [3.63, 3.8) is 0 Å². The molecule has 0 atom stereocenters. The SMILES string of the molecule is CCCCCC1CCC(c2ccc(-c3cc(F)c(C(F)=C(F)c4cc(F)c(C(F)(F)Oc5cc(C)c(F)c(F)c5)c(F)c4)c(F)c3)nc2)CC1. The molecule has 2 nitrogen and oxygen atoms in total. The number of aromatic nitrogens is 1. The Kier molecular flexibility index (Phi) is 11.3. The number of hydrogen-bond acceptors (Lipinski definition) is 2. The summed E-state index contributed by atoms with van der Waals surface area (Å²) >= 11 is 0. The summed E-state index contributed by atoms with van der Waals surface area (Å²) in [6.45, 7) is 3.20. The van der Waals surface area contributed by atoms with E-state index in [1.807, 2.05) is 6.07 Å². The standard InChI is InChI=1S/C38H33F10NO/c1-3-4-5-6-21-7-9-22(10-8-21)23-11-12-32(49-19-23)24-14-27(39)33(28(40)15-24)37(46)36(45)25-16-29(41)34(30(42)17-25)38(47,48)50-26-13-20(2)35(44)31(43)18-26/h11-19,21-22H,3-10H2,1-2H3. The fourth-order valence-corrected chi connectivity index (χ4v) is 6.38. The van der Waals surface area contributed by atoms with Gasteiger partial charge in [-0.25, -0.2) is 35.1 Å². The molecule has 0 radical (unpaired) electrons. The molecular weight excluding hydrogens is 676 g/mol. The summed E-state index contributed by atoms with van der Waals surface area (Å²) < 4.78 is 151. The maximum atomic E-state index is 15.2. The predicted octanol–water partition coefficient (Wildman–Crippen LogP) is 12.6. The Morgan fingerprint density at radius 1 is 0.780 bits per heavy atom. The molecular formula is C38H33F10NO. The Morgan fingerprint density at radius 2 is 1.42 bits per heavy atom. The van der Waals surface area contributed by atoms with Gasteiger partial charge in [0.05, 0.1) is 11.3 Å². The van der Waals surface area contributed by atoms with E-state index in [1.54, 1.807) is 12.3 Å². The van der Waals surface area contributed by atoms with Crippen LogP contribution in [0, 0.1) is 47.7 Å².